The van der Waals surface area contributed by atoms with Gasteiger partial charge >= 0.3 is 0 Å². The molecule has 0 heterocycles. The standard InChI is InChI=1S/C15H25NO2/c1-6-7-11(2)16-12(3)14-9-8-13(17-4)10-15(14)18-5/h8-12,16H,6-7H2,1-5H3. The fourth-order valence-corrected chi connectivity index (χ4v) is 2.21. The molecule has 0 spiro atoms. The lowest BCUT2D eigenvalue weighted by Gasteiger charge is -2.22. The van der Waals surface area contributed by atoms with Crippen molar-refractivity contribution in [3.63, 3.8) is 0 Å². The van der Waals surface area contributed by atoms with Gasteiger partial charge in [-0.25, -0.2) is 0 Å². The first-order chi connectivity index (χ1) is 8.62. The van der Waals surface area contributed by atoms with Gasteiger partial charge in [0, 0.05) is 23.7 Å². The van der Waals surface area contributed by atoms with E-state index in [0.29, 0.717) is 6.04 Å². The van der Waals surface area contributed by atoms with Crippen molar-refractivity contribution in [1.29, 1.82) is 0 Å². The van der Waals surface area contributed by atoms with Crippen molar-refractivity contribution in [2.24, 2.45) is 0 Å². The smallest absolute Gasteiger partial charge is 0.127 e. The van der Waals surface area contributed by atoms with E-state index in [9.17, 15) is 0 Å². The first-order valence-corrected chi connectivity index (χ1v) is 6.60. The molecule has 0 radical (unpaired) electrons. The summed E-state index contributed by atoms with van der Waals surface area (Å²) < 4.78 is 10.6. The van der Waals surface area contributed by atoms with E-state index in [4.69, 9.17) is 9.47 Å². The van der Waals surface area contributed by atoms with Crippen molar-refractivity contribution in [3.8, 4) is 11.5 Å². The number of hydrogen-bond donors (Lipinski definition) is 1. The lowest BCUT2D eigenvalue weighted by Crippen LogP contribution is -2.28. The van der Waals surface area contributed by atoms with Crippen LogP contribution in [0.2, 0.25) is 0 Å². The van der Waals surface area contributed by atoms with Crippen LogP contribution in [0.15, 0.2) is 18.2 Å². The zero-order valence-electron chi connectivity index (χ0n) is 12.1. The zero-order valence-corrected chi connectivity index (χ0v) is 12.1. The molecule has 1 rings (SSSR count). The summed E-state index contributed by atoms with van der Waals surface area (Å²) in [5, 5.41) is 3.59. The van der Waals surface area contributed by atoms with Gasteiger partial charge in [0.05, 0.1) is 14.2 Å². The molecule has 0 bridgehead atoms. The van der Waals surface area contributed by atoms with Crippen LogP contribution in [0.4, 0.5) is 0 Å². The molecular weight excluding hydrogens is 226 g/mol. The van der Waals surface area contributed by atoms with Gasteiger partial charge in [-0.05, 0) is 26.3 Å². The molecule has 0 amide bonds. The number of methoxy groups -OCH3 is 2. The normalized spacial score (nSPS) is 14.1. The fourth-order valence-electron chi connectivity index (χ4n) is 2.21. The molecule has 0 aliphatic rings. The lowest BCUT2D eigenvalue weighted by atomic mass is 10.0. The average molecular weight is 251 g/mol. The highest BCUT2D eigenvalue weighted by atomic mass is 16.5. The molecule has 1 N–H and O–H groups in total. The van der Waals surface area contributed by atoms with E-state index < -0.39 is 0 Å². The van der Waals surface area contributed by atoms with Gasteiger partial charge in [0.2, 0.25) is 0 Å². The Morgan fingerprint density at radius 1 is 1.17 bits per heavy atom. The Bertz CT molecular complexity index is 366. The predicted molar refractivity (Wildman–Crippen MR) is 75.5 cm³/mol. The SMILES string of the molecule is CCCC(C)NC(C)c1ccc(OC)cc1OC. The molecule has 0 saturated heterocycles. The van der Waals surface area contributed by atoms with E-state index in [1.807, 2.05) is 12.1 Å². The molecule has 0 fully saturated rings. The van der Waals surface area contributed by atoms with Crippen LogP contribution in [-0.2, 0) is 0 Å². The highest BCUT2D eigenvalue weighted by molar-refractivity contribution is 5.42. The van der Waals surface area contributed by atoms with Crippen molar-refractivity contribution in [2.45, 2.75) is 45.7 Å². The third kappa shape index (κ3) is 3.91. The van der Waals surface area contributed by atoms with Gasteiger partial charge in [-0.3, -0.25) is 0 Å². The molecule has 18 heavy (non-hydrogen) atoms. The van der Waals surface area contributed by atoms with Crippen molar-refractivity contribution >= 4 is 0 Å². The number of benzene rings is 1. The van der Waals surface area contributed by atoms with Crippen molar-refractivity contribution < 1.29 is 9.47 Å². The van der Waals surface area contributed by atoms with E-state index in [2.05, 4.69) is 32.2 Å². The minimum Gasteiger partial charge on any atom is -0.497 e. The molecule has 0 aliphatic heterocycles. The van der Waals surface area contributed by atoms with E-state index >= 15 is 0 Å². The Morgan fingerprint density at radius 2 is 1.89 bits per heavy atom. The molecule has 102 valence electrons. The van der Waals surface area contributed by atoms with Gasteiger partial charge < -0.3 is 14.8 Å². The van der Waals surface area contributed by atoms with Gasteiger partial charge in [-0.2, -0.15) is 0 Å². The minimum absolute atomic E-state index is 0.271. The summed E-state index contributed by atoms with van der Waals surface area (Å²) in [5.74, 6) is 1.70. The third-order valence-electron chi connectivity index (χ3n) is 3.16. The number of hydrogen-bond acceptors (Lipinski definition) is 3. The second-order valence-electron chi connectivity index (χ2n) is 4.69. The topological polar surface area (TPSA) is 30.5 Å². The maximum atomic E-state index is 5.43. The van der Waals surface area contributed by atoms with E-state index in [-0.39, 0.29) is 6.04 Å². The Kier molecular flexibility index (Phi) is 5.99. The number of ether oxygens (including phenoxy) is 2. The van der Waals surface area contributed by atoms with Crippen molar-refractivity contribution in [2.75, 3.05) is 14.2 Å². The second kappa shape index (κ2) is 7.27. The zero-order chi connectivity index (χ0) is 13.5. The summed E-state index contributed by atoms with van der Waals surface area (Å²) in [5.41, 5.74) is 1.17. The molecule has 0 saturated carbocycles. The minimum atomic E-state index is 0.271. The summed E-state index contributed by atoms with van der Waals surface area (Å²) in [6.07, 6.45) is 2.38. The Hall–Kier alpha value is -1.22. The molecule has 3 nitrogen and oxygen atoms in total. The van der Waals surface area contributed by atoms with Crippen molar-refractivity contribution in [1.82, 2.24) is 5.32 Å². The number of nitrogens with one attached hydrogen (secondary N) is 1. The molecule has 0 aliphatic carbocycles. The Balaban J connectivity index is 2.81. The molecule has 2 atom stereocenters. The maximum absolute atomic E-state index is 5.43. The molecule has 3 heteroatoms. The van der Waals surface area contributed by atoms with Gasteiger partial charge in [0.15, 0.2) is 0 Å². The Morgan fingerprint density at radius 3 is 2.44 bits per heavy atom. The fraction of sp³-hybridized carbons (Fsp3) is 0.600. The van der Waals surface area contributed by atoms with Crippen LogP contribution in [0.25, 0.3) is 0 Å². The largest absolute Gasteiger partial charge is 0.497 e. The summed E-state index contributed by atoms with van der Waals surface area (Å²) in [6.45, 7) is 6.59. The van der Waals surface area contributed by atoms with E-state index in [0.717, 1.165) is 11.5 Å². The molecule has 1 aromatic rings. The van der Waals surface area contributed by atoms with Crippen LogP contribution < -0.4 is 14.8 Å². The van der Waals surface area contributed by atoms with Crippen LogP contribution in [0.5, 0.6) is 11.5 Å². The molecule has 0 aromatic heterocycles. The first-order valence-electron chi connectivity index (χ1n) is 6.60. The second-order valence-corrected chi connectivity index (χ2v) is 4.69. The third-order valence-corrected chi connectivity index (χ3v) is 3.16. The van der Waals surface area contributed by atoms with Crippen LogP contribution in [-0.4, -0.2) is 20.3 Å². The van der Waals surface area contributed by atoms with Crippen molar-refractivity contribution in [3.05, 3.63) is 23.8 Å². The van der Waals surface area contributed by atoms with Gasteiger partial charge in [0.25, 0.3) is 0 Å². The van der Waals surface area contributed by atoms with Crippen LogP contribution in [0.3, 0.4) is 0 Å². The summed E-state index contributed by atoms with van der Waals surface area (Å²) in [4.78, 5) is 0. The summed E-state index contributed by atoms with van der Waals surface area (Å²) in [7, 11) is 3.36. The molecular formula is C15H25NO2. The monoisotopic (exact) mass is 251 g/mol. The molecule has 2 unspecified atom stereocenters. The first kappa shape index (κ1) is 14.8. The number of rotatable bonds is 7. The predicted octanol–water partition coefficient (Wildman–Crippen LogP) is 3.54. The highest BCUT2D eigenvalue weighted by Crippen LogP contribution is 2.29. The lowest BCUT2D eigenvalue weighted by molar-refractivity contribution is 0.380. The van der Waals surface area contributed by atoms with Crippen LogP contribution in [0, 0.1) is 0 Å². The highest BCUT2D eigenvalue weighted by Gasteiger charge is 2.14. The van der Waals surface area contributed by atoms with Gasteiger partial charge in [-0.15, -0.1) is 0 Å². The van der Waals surface area contributed by atoms with E-state index in [1.165, 1.54) is 18.4 Å². The van der Waals surface area contributed by atoms with Gasteiger partial charge in [-0.1, -0.05) is 19.4 Å². The van der Waals surface area contributed by atoms with Crippen LogP contribution >= 0.6 is 0 Å². The van der Waals surface area contributed by atoms with Gasteiger partial charge in [0.1, 0.15) is 11.5 Å². The Labute approximate surface area is 110 Å². The quantitative estimate of drug-likeness (QED) is 0.804. The van der Waals surface area contributed by atoms with Crippen LogP contribution in [0.1, 0.15) is 45.2 Å². The average Bonchev–Trinajstić information content (AvgIpc) is 2.38. The summed E-state index contributed by atoms with van der Waals surface area (Å²) >= 11 is 0. The summed E-state index contributed by atoms with van der Waals surface area (Å²) in [6, 6.07) is 6.75. The van der Waals surface area contributed by atoms with E-state index in [1.54, 1.807) is 14.2 Å². The maximum Gasteiger partial charge on any atom is 0.127 e. The molecule has 1 aromatic carbocycles.